The minimum Gasteiger partial charge on any atom is -0.481 e. The smallest absolute Gasteiger partial charge is 0.312 e. The molecule has 0 amide bonds. The van der Waals surface area contributed by atoms with E-state index in [0.29, 0.717) is 27.7 Å². The summed E-state index contributed by atoms with van der Waals surface area (Å²) in [7, 11) is 0. The van der Waals surface area contributed by atoms with Crippen molar-refractivity contribution in [3.8, 4) is 6.07 Å². The molecule has 1 aliphatic rings. The highest BCUT2D eigenvalue weighted by Crippen LogP contribution is 2.49. The van der Waals surface area contributed by atoms with Crippen LogP contribution in [0.25, 0.3) is 0 Å². The Morgan fingerprint density at radius 1 is 1.48 bits per heavy atom. The van der Waals surface area contributed by atoms with Gasteiger partial charge in [-0.05, 0) is 37.5 Å². The van der Waals surface area contributed by atoms with Crippen molar-refractivity contribution in [1.82, 2.24) is 0 Å². The molecule has 0 fully saturated rings. The number of anilines is 1. The Morgan fingerprint density at radius 2 is 2.12 bits per heavy atom. The molecule has 1 aromatic rings. The largest absolute Gasteiger partial charge is 0.481 e. The van der Waals surface area contributed by atoms with Crippen LogP contribution in [0.5, 0.6) is 0 Å². The molecule has 6 heteroatoms. The minimum absolute atomic E-state index is 0.0398. The van der Waals surface area contributed by atoms with Crippen LogP contribution in [0, 0.1) is 22.7 Å². The quantitative estimate of drug-likeness (QED) is 0.747. The molecule has 1 heterocycles. The van der Waals surface area contributed by atoms with Crippen molar-refractivity contribution in [3.05, 3.63) is 39.5 Å². The maximum absolute atomic E-state index is 12.3. The number of carboxylic acid groups (broad SMARTS) is 1. The van der Waals surface area contributed by atoms with E-state index in [1.54, 1.807) is 18.2 Å². The van der Waals surface area contributed by atoms with E-state index in [2.05, 4.69) is 6.07 Å². The van der Waals surface area contributed by atoms with Crippen LogP contribution < -0.4 is 4.90 Å². The van der Waals surface area contributed by atoms with Crippen LogP contribution in [-0.2, 0) is 4.79 Å². The van der Waals surface area contributed by atoms with Gasteiger partial charge in [-0.2, -0.15) is 5.26 Å². The Bertz CT molecular complexity index is 767. The zero-order valence-electron chi connectivity index (χ0n) is 14.8. The van der Waals surface area contributed by atoms with Crippen LogP contribution in [0.15, 0.2) is 29.5 Å². The van der Waals surface area contributed by atoms with Gasteiger partial charge in [-0.3, -0.25) is 4.79 Å². The lowest BCUT2D eigenvalue weighted by Gasteiger charge is -2.50. The number of carboxylic acids is 1. The van der Waals surface area contributed by atoms with Crippen LogP contribution in [0.4, 0.5) is 5.69 Å². The van der Waals surface area contributed by atoms with Gasteiger partial charge in [0, 0.05) is 22.7 Å². The third kappa shape index (κ3) is 3.23. The molecule has 2 rings (SSSR count). The summed E-state index contributed by atoms with van der Waals surface area (Å²) in [6.45, 7) is 7.71. The molecule has 134 valence electrons. The first-order chi connectivity index (χ1) is 11.7. The summed E-state index contributed by atoms with van der Waals surface area (Å²) in [5.74, 6) is -0.845. The summed E-state index contributed by atoms with van der Waals surface area (Å²) >= 11 is 12.4. The molecule has 0 spiro atoms. The van der Waals surface area contributed by atoms with E-state index in [4.69, 9.17) is 23.2 Å². The van der Waals surface area contributed by atoms with Gasteiger partial charge in [0.05, 0.1) is 28.2 Å². The van der Waals surface area contributed by atoms with Crippen molar-refractivity contribution in [1.29, 1.82) is 5.26 Å². The number of carbonyl (C=O) groups is 1. The molecule has 4 nitrogen and oxygen atoms in total. The number of allylic oxidation sites excluding steroid dienone is 2. The van der Waals surface area contributed by atoms with Crippen LogP contribution in [-0.4, -0.2) is 17.1 Å². The van der Waals surface area contributed by atoms with Crippen molar-refractivity contribution in [2.24, 2.45) is 11.3 Å². The summed E-state index contributed by atoms with van der Waals surface area (Å²) in [5, 5.41) is 20.6. The lowest BCUT2D eigenvalue weighted by molar-refractivity contribution is -0.151. The number of rotatable bonds is 4. The molecule has 0 saturated carbocycles. The fourth-order valence-electron chi connectivity index (χ4n) is 3.90. The second-order valence-corrected chi connectivity index (χ2v) is 7.67. The number of hydrogen-bond acceptors (Lipinski definition) is 3. The van der Waals surface area contributed by atoms with E-state index in [1.807, 2.05) is 32.6 Å². The van der Waals surface area contributed by atoms with Gasteiger partial charge in [0.15, 0.2) is 0 Å². The molecular weight excluding hydrogens is 359 g/mol. The van der Waals surface area contributed by atoms with Crippen molar-refractivity contribution in [3.63, 3.8) is 0 Å². The van der Waals surface area contributed by atoms with Crippen LogP contribution in [0.1, 0.15) is 40.5 Å². The summed E-state index contributed by atoms with van der Waals surface area (Å²) < 4.78 is 0. The lowest BCUT2D eigenvalue weighted by atomic mass is 9.66. The maximum Gasteiger partial charge on any atom is 0.312 e. The predicted molar refractivity (Wildman–Crippen MR) is 101 cm³/mol. The Morgan fingerprint density at radius 3 is 2.56 bits per heavy atom. The topological polar surface area (TPSA) is 64.3 Å². The average molecular weight is 381 g/mol. The van der Waals surface area contributed by atoms with Crippen molar-refractivity contribution in [2.75, 3.05) is 4.90 Å². The van der Waals surface area contributed by atoms with Crippen LogP contribution >= 0.6 is 23.2 Å². The number of benzene rings is 1. The van der Waals surface area contributed by atoms with Gasteiger partial charge in [0.1, 0.15) is 0 Å². The number of nitriles is 1. The van der Waals surface area contributed by atoms with Gasteiger partial charge in [-0.15, -0.1) is 0 Å². The molecule has 1 aliphatic heterocycles. The van der Waals surface area contributed by atoms with E-state index < -0.39 is 11.4 Å². The summed E-state index contributed by atoms with van der Waals surface area (Å²) in [6, 6.07) is 7.01. The minimum atomic E-state index is -1.05. The zero-order valence-corrected chi connectivity index (χ0v) is 16.3. The van der Waals surface area contributed by atoms with Crippen LogP contribution in [0.3, 0.4) is 0 Å². The third-order valence-corrected chi connectivity index (χ3v) is 5.67. The molecule has 1 N–H and O–H groups in total. The molecule has 0 radical (unpaired) electrons. The highest BCUT2D eigenvalue weighted by atomic mass is 35.5. The fraction of sp³-hybridized carbons (Fsp3) is 0.474. The highest BCUT2D eigenvalue weighted by Gasteiger charge is 2.52. The van der Waals surface area contributed by atoms with E-state index >= 15 is 0 Å². The SMILES string of the molecule is CCC1(C(=O)O)CC(C#N)=C(C)N(c2ccc(Cl)cc2Cl)C1C(C)C. The van der Waals surface area contributed by atoms with Gasteiger partial charge in [-0.25, -0.2) is 0 Å². The number of nitrogens with zero attached hydrogens (tertiary/aromatic N) is 2. The van der Waals surface area contributed by atoms with E-state index in [0.717, 1.165) is 5.70 Å². The van der Waals surface area contributed by atoms with Gasteiger partial charge in [-0.1, -0.05) is 44.0 Å². The first-order valence-electron chi connectivity index (χ1n) is 8.27. The first kappa shape index (κ1) is 19.6. The molecule has 25 heavy (non-hydrogen) atoms. The first-order valence-corrected chi connectivity index (χ1v) is 9.02. The summed E-state index contributed by atoms with van der Waals surface area (Å²) in [5.41, 5.74) is 0.846. The average Bonchev–Trinajstić information content (AvgIpc) is 2.54. The zero-order chi connectivity index (χ0) is 18.9. The van der Waals surface area contributed by atoms with Gasteiger partial charge >= 0.3 is 5.97 Å². The van der Waals surface area contributed by atoms with Gasteiger partial charge in [0.2, 0.25) is 0 Å². The second-order valence-electron chi connectivity index (χ2n) is 6.82. The molecule has 2 atom stereocenters. The van der Waals surface area contributed by atoms with Crippen molar-refractivity contribution >= 4 is 34.9 Å². The predicted octanol–water partition coefficient (Wildman–Crippen LogP) is 5.51. The third-order valence-electron chi connectivity index (χ3n) is 5.13. The van der Waals surface area contributed by atoms with E-state index in [9.17, 15) is 15.2 Å². The van der Waals surface area contributed by atoms with E-state index in [-0.39, 0.29) is 18.4 Å². The van der Waals surface area contributed by atoms with Gasteiger partial charge < -0.3 is 10.0 Å². The Balaban J connectivity index is 2.80. The van der Waals surface area contributed by atoms with Crippen molar-refractivity contribution < 1.29 is 9.90 Å². The molecule has 0 aliphatic carbocycles. The van der Waals surface area contributed by atoms with Gasteiger partial charge in [0.25, 0.3) is 0 Å². The number of aliphatic carboxylic acids is 1. The molecular formula is C19H22Cl2N2O2. The Labute approximate surface area is 158 Å². The molecule has 1 aromatic carbocycles. The van der Waals surface area contributed by atoms with E-state index in [1.165, 1.54) is 0 Å². The molecule has 0 aromatic heterocycles. The summed E-state index contributed by atoms with van der Waals surface area (Å²) in [4.78, 5) is 14.2. The molecule has 2 unspecified atom stereocenters. The summed E-state index contributed by atoms with van der Waals surface area (Å²) in [6.07, 6.45) is 0.650. The van der Waals surface area contributed by atoms with Crippen molar-refractivity contribution in [2.45, 2.75) is 46.6 Å². The fourth-order valence-corrected chi connectivity index (χ4v) is 4.40. The maximum atomic E-state index is 12.3. The van der Waals surface area contributed by atoms with Crippen LogP contribution in [0.2, 0.25) is 10.0 Å². The Hall–Kier alpha value is -1.70. The lowest BCUT2D eigenvalue weighted by Crippen LogP contribution is -2.57. The number of hydrogen-bond donors (Lipinski definition) is 1. The Kier molecular flexibility index (Phi) is 5.71. The number of halogens is 2. The molecule has 0 bridgehead atoms. The highest BCUT2D eigenvalue weighted by molar-refractivity contribution is 6.36. The second kappa shape index (κ2) is 7.27. The standard InChI is InChI=1S/C19H22Cl2N2O2/c1-5-19(18(24)25)9-13(10-22)12(4)23(17(19)11(2)3)16-7-6-14(20)8-15(16)21/h6-8,11,17H,5,9H2,1-4H3,(H,24,25). The monoisotopic (exact) mass is 380 g/mol. The normalized spacial score (nSPS) is 23.8. The molecule has 0 saturated heterocycles.